The highest BCUT2D eigenvalue weighted by Crippen LogP contribution is 2.21. The summed E-state index contributed by atoms with van der Waals surface area (Å²) in [6.45, 7) is 4.00. The lowest BCUT2D eigenvalue weighted by atomic mass is 10.1. The number of hydrogen-bond acceptors (Lipinski definition) is 2. The lowest BCUT2D eigenvalue weighted by molar-refractivity contribution is 0.0940. The van der Waals surface area contributed by atoms with Gasteiger partial charge in [0.05, 0.1) is 17.9 Å². The predicted octanol–water partition coefficient (Wildman–Crippen LogP) is 4.46. The smallest absolute Gasteiger partial charge is 0.251 e. The zero-order valence-corrected chi connectivity index (χ0v) is 15.9. The SMILES string of the molecule is Cc1c(C(C)NC(=O)c2cccc(-n3cccc3)c2)cnn1-c1ccccc1. The van der Waals surface area contributed by atoms with Gasteiger partial charge in [-0.3, -0.25) is 4.79 Å². The molecule has 0 radical (unpaired) electrons. The maximum atomic E-state index is 12.8. The second kappa shape index (κ2) is 7.56. The van der Waals surface area contributed by atoms with E-state index in [1.165, 1.54) is 0 Å². The Morgan fingerprint density at radius 1 is 0.964 bits per heavy atom. The van der Waals surface area contributed by atoms with Crippen LogP contribution in [-0.4, -0.2) is 20.3 Å². The van der Waals surface area contributed by atoms with Crippen LogP contribution in [0.25, 0.3) is 11.4 Å². The molecule has 0 fully saturated rings. The van der Waals surface area contributed by atoms with Crippen LogP contribution in [0.5, 0.6) is 0 Å². The third-order valence-corrected chi connectivity index (χ3v) is 4.87. The number of carbonyl (C=O) groups excluding carboxylic acids is 1. The maximum absolute atomic E-state index is 12.8. The fourth-order valence-corrected chi connectivity index (χ4v) is 3.35. The monoisotopic (exact) mass is 370 g/mol. The first-order valence-corrected chi connectivity index (χ1v) is 9.27. The number of rotatable bonds is 5. The van der Waals surface area contributed by atoms with E-state index < -0.39 is 0 Å². The average Bonchev–Trinajstić information content (AvgIpc) is 3.39. The molecule has 4 aromatic rings. The summed E-state index contributed by atoms with van der Waals surface area (Å²) in [6.07, 6.45) is 5.74. The molecular weight excluding hydrogens is 348 g/mol. The topological polar surface area (TPSA) is 51.9 Å². The highest BCUT2D eigenvalue weighted by atomic mass is 16.1. The van der Waals surface area contributed by atoms with Crippen molar-refractivity contribution < 1.29 is 4.79 Å². The number of nitrogens with one attached hydrogen (secondary N) is 1. The molecule has 2 heterocycles. The van der Waals surface area contributed by atoms with Crippen molar-refractivity contribution in [1.82, 2.24) is 19.7 Å². The molecule has 140 valence electrons. The normalized spacial score (nSPS) is 11.9. The van der Waals surface area contributed by atoms with Gasteiger partial charge < -0.3 is 9.88 Å². The number of benzene rings is 2. The summed E-state index contributed by atoms with van der Waals surface area (Å²) >= 11 is 0. The van der Waals surface area contributed by atoms with Crippen LogP contribution in [0.3, 0.4) is 0 Å². The van der Waals surface area contributed by atoms with Crippen LogP contribution >= 0.6 is 0 Å². The number of carbonyl (C=O) groups is 1. The summed E-state index contributed by atoms with van der Waals surface area (Å²) in [4.78, 5) is 12.8. The minimum absolute atomic E-state index is 0.103. The molecule has 0 spiro atoms. The molecule has 1 unspecified atom stereocenters. The van der Waals surface area contributed by atoms with Crippen LogP contribution in [0.1, 0.15) is 34.6 Å². The molecule has 0 aliphatic carbocycles. The van der Waals surface area contributed by atoms with Crippen molar-refractivity contribution in [3.8, 4) is 11.4 Å². The molecule has 0 aliphatic rings. The highest BCUT2D eigenvalue weighted by molar-refractivity contribution is 5.95. The van der Waals surface area contributed by atoms with Crippen LogP contribution in [-0.2, 0) is 0 Å². The molecule has 1 N–H and O–H groups in total. The summed E-state index contributed by atoms with van der Waals surface area (Å²) < 4.78 is 3.87. The second-order valence-corrected chi connectivity index (χ2v) is 6.77. The minimum Gasteiger partial charge on any atom is -0.345 e. The van der Waals surface area contributed by atoms with Gasteiger partial charge in [0, 0.05) is 34.9 Å². The second-order valence-electron chi connectivity index (χ2n) is 6.77. The van der Waals surface area contributed by atoms with E-state index in [-0.39, 0.29) is 11.9 Å². The maximum Gasteiger partial charge on any atom is 0.251 e. The molecule has 5 nitrogen and oxygen atoms in total. The average molecular weight is 370 g/mol. The third kappa shape index (κ3) is 3.47. The van der Waals surface area contributed by atoms with E-state index in [1.54, 1.807) is 0 Å². The fourth-order valence-electron chi connectivity index (χ4n) is 3.35. The molecular formula is C23H22N4O. The van der Waals surface area contributed by atoms with Gasteiger partial charge in [0.1, 0.15) is 0 Å². The number of aromatic nitrogens is 3. The van der Waals surface area contributed by atoms with Crippen LogP contribution in [0.4, 0.5) is 0 Å². The van der Waals surface area contributed by atoms with E-state index in [0.29, 0.717) is 5.56 Å². The van der Waals surface area contributed by atoms with Gasteiger partial charge in [-0.2, -0.15) is 5.10 Å². The summed E-state index contributed by atoms with van der Waals surface area (Å²) in [5, 5.41) is 7.59. The predicted molar refractivity (Wildman–Crippen MR) is 110 cm³/mol. The van der Waals surface area contributed by atoms with Crippen molar-refractivity contribution >= 4 is 5.91 Å². The van der Waals surface area contributed by atoms with Gasteiger partial charge >= 0.3 is 0 Å². The molecule has 2 aromatic heterocycles. The van der Waals surface area contributed by atoms with Crippen molar-refractivity contribution in [2.24, 2.45) is 0 Å². The van der Waals surface area contributed by atoms with E-state index in [4.69, 9.17) is 0 Å². The Kier molecular flexibility index (Phi) is 4.81. The number of hydrogen-bond donors (Lipinski definition) is 1. The lowest BCUT2D eigenvalue weighted by Gasteiger charge is -2.15. The van der Waals surface area contributed by atoms with E-state index in [9.17, 15) is 4.79 Å². The molecule has 5 heteroatoms. The van der Waals surface area contributed by atoms with Crippen LogP contribution in [0, 0.1) is 6.92 Å². The van der Waals surface area contributed by atoms with Gasteiger partial charge in [-0.15, -0.1) is 0 Å². The molecule has 0 saturated heterocycles. The zero-order valence-electron chi connectivity index (χ0n) is 15.9. The van der Waals surface area contributed by atoms with Crippen molar-refractivity contribution in [3.63, 3.8) is 0 Å². The first kappa shape index (κ1) is 17.8. The first-order chi connectivity index (χ1) is 13.6. The summed E-state index contributed by atoms with van der Waals surface area (Å²) in [6, 6.07) is 21.3. The van der Waals surface area contributed by atoms with Gasteiger partial charge in [-0.25, -0.2) is 4.68 Å². The molecule has 0 saturated carbocycles. The Morgan fingerprint density at radius 3 is 2.43 bits per heavy atom. The molecule has 2 aromatic carbocycles. The van der Waals surface area contributed by atoms with Crippen LogP contribution < -0.4 is 5.32 Å². The van der Waals surface area contributed by atoms with E-state index in [0.717, 1.165) is 22.6 Å². The van der Waals surface area contributed by atoms with Gasteiger partial charge in [-0.1, -0.05) is 24.3 Å². The number of para-hydroxylation sites is 1. The molecule has 1 amide bonds. The Hall–Kier alpha value is -3.60. The van der Waals surface area contributed by atoms with E-state index >= 15 is 0 Å². The number of nitrogens with zero attached hydrogens (tertiary/aromatic N) is 3. The highest BCUT2D eigenvalue weighted by Gasteiger charge is 2.17. The molecule has 0 bridgehead atoms. The van der Waals surface area contributed by atoms with Crippen molar-refractivity contribution in [2.45, 2.75) is 19.9 Å². The van der Waals surface area contributed by atoms with Crippen molar-refractivity contribution in [1.29, 1.82) is 0 Å². The number of amides is 1. The Morgan fingerprint density at radius 2 is 1.68 bits per heavy atom. The van der Waals surface area contributed by atoms with E-state index in [1.807, 2.05) is 108 Å². The van der Waals surface area contributed by atoms with E-state index in [2.05, 4.69) is 10.4 Å². The summed E-state index contributed by atoms with van der Waals surface area (Å²) in [5.74, 6) is -0.103. The first-order valence-electron chi connectivity index (χ1n) is 9.27. The standard InChI is InChI=1S/C23H22N4O/c1-17(22-16-24-27(18(22)2)20-10-4-3-5-11-20)25-23(28)19-9-8-12-21(15-19)26-13-6-7-14-26/h3-17H,1-2H3,(H,25,28). The van der Waals surface area contributed by atoms with Crippen molar-refractivity contribution in [2.75, 3.05) is 0 Å². The zero-order chi connectivity index (χ0) is 19.5. The quantitative estimate of drug-likeness (QED) is 0.564. The molecule has 28 heavy (non-hydrogen) atoms. The Bertz CT molecular complexity index is 1080. The summed E-state index contributed by atoms with van der Waals surface area (Å²) in [7, 11) is 0. The Balaban J connectivity index is 1.53. The molecule has 1 atom stereocenters. The van der Waals surface area contributed by atoms with Gasteiger partial charge in [0.25, 0.3) is 5.91 Å². The largest absolute Gasteiger partial charge is 0.345 e. The van der Waals surface area contributed by atoms with Crippen molar-refractivity contribution in [3.05, 3.63) is 102 Å². The summed E-state index contributed by atoms with van der Waals surface area (Å²) in [5.41, 5.74) is 4.60. The lowest BCUT2D eigenvalue weighted by Crippen LogP contribution is -2.27. The van der Waals surface area contributed by atoms with Gasteiger partial charge in [0.2, 0.25) is 0 Å². The van der Waals surface area contributed by atoms with Crippen LogP contribution in [0.15, 0.2) is 85.3 Å². The third-order valence-electron chi connectivity index (χ3n) is 4.87. The Labute approximate surface area is 164 Å². The van der Waals surface area contributed by atoms with Gasteiger partial charge in [0.15, 0.2) is 0 Å². The fraction of sp³-hybridized carbons (Fsp3) is 0.130. The van der Waals surface area contributed by atoms with Gasteiger partial charge in [-0.05, 0) is 56.3 Å². The minimum atomic E-state index is -0.153. The molecule has 0 aliphatic heterocycles. The molecule has 4 rings (SSSR count). The van der Waals surface area contributed by atoms with Crippen LogP contribution in [0.2, 0.25) is 0 Å².